The predicted molar refractivity (Wildman–Crippen MR) is 117 cm³/mol. The predicted octanol–water partition coefficient (Wildman–Crippen LogP) is 6.53. The molecule has 0 amide bonds. The van der Waals surface area contributed by atoms with E-state index in [1.165, 1.54) is 27.5 Å². The van der Waals surface area contributed by atoms with Crippen LogP contribution in [0.2, 0.25) is 5.02 Å². The number of benzene rings is 4. The summed E-state index contributed by atoms with van der Waals surface area (Å²) in [5.74, 6) is 0.951. The molecule has 0 saturated carbocycles. The van der Waals surface area contributed by atoms with Crippen LogP contribution in [0.3, 0.4) is 0 Å². The van der Waals surface area contributed by atoms with Crippen LogP contribution in [0.4, 0.5) is 0 Å². The largest absolute Gasteiger partial charge is 0.470 e. The zero-order chi connectivity index (χ0) is 19.4. The summed E-state index contributed by atoms with van der Waals surface area (Å²) in [5.41, 5.74) is 4.98. The molecule has 2 atom stereocenters. The van der Waals surface area contributed by atoms with Gasteiger partial charge in [-0.25, -0.2) is 0 Å². The van der Waals surface area contributed by atoms with Crippen LogP contribution in [-0.4, -0.2) is 11.4 Å². The van der Waals surface area contributed by atoms with Crippen molar-refractivity contribution in [3.63, 3.8) is 0 Å². The van der Waals surface area contributed by atoms with E-state index in [1.807, 2.05) is 12.1 Å². The van der Waals surface area contributed by atoms with Crippen molar-refractivity contribution in [2.45, 2.75) is 18.7 Å². The Labute approximate surface area is 175 Å². The highest BCUT2D eigenvalue weighted by molar-refractivity contribution is 6.31. The molecule has 3 heteroatoms. The van der Waals surface area contributed by atoms with Gasteiger partial charge in [-0.05, 0) is 40.5 Å². The number of nitrogens with zero attached hydrogens (tertiary/aromatic N) is 1. The SMILES string of the molecule is Clc1ccccc1[C@@H]1c2c(ccc3ccccc23)O[C@H]2c3ccccc3CCN12. The lowest BCUT2D eigenvalue weighted by atomic mass is 9.87. The molecule has 2 aliphatic heterocycles. The molecule has 142 valence electrons. The summed E-state index contributed by atoms with van der Waals surface area (Å²) in [7, 11) is 0. The van der Waals surface area contributed by atoms with Crippen molar-refractivity contribution >= 4 is 22.4 Å². The van der Waals surface area contributed by atoms with Crippen LogP contribution in [-0.2, 0) is 6.42 Å². The quantitative estimate of drug-likeness (QED) is 0.362. The molecule has 0 fully saturated rings. The minimum absolute atomic E-state index is 0.0527. The van der Waals surface area contributed by atoms with Gasteiger partial charge in [0, 0.05) is 22.7 Å². The molecule has 0 aromatic heterocycles. The van der Waals surface area contributed by atoms with Gasteiger partial charge in [0.1, 0.15) is 5.75 Å². The van der Waals surface area contributed by atoms with Crippen LogP contribution in [0, 0.1) is 0 Å². The maximum absolute atomic E-state index is 6.74. The molecule has 0 radical (unpaired) electrons. The molecular weight excluding hydrogens is 378 g/mol. The molecule has 29 heavy (non-hydrogen) atoms. The van der Waals surface area contributed by atoms with E-state index in [0.29, 0.717) is 0 Å². The number of halogens is 1. The first-order valence-corrected chi connectivity index (χ1v) is 10.5. The zero-order valence-electron chi connectivity index (χ0n) is 15.9. The van der Waals surface area contributed by atoms with Crippen molar-refractivity contribution < 1.29 is 4.74 Å². The first-order valence-electron chi connectivity index (χ1n) is 10.1. The summed E-state index contributed by atoms with van der Waals surface area (Å²) in [6.07, 6.45) is 0.909. The van der Waals surface area contributed by atoms with Crippen LogP contribution < -0.4 is 4.74 Å². The van der Waals surface area contributed by atoms with Crippen molar-refractivity contribution in [1.29, 1.82) is 0 Å². The third-order valence-corrected chi connectivity index (χ3v) is 6.58. The zero-order valence-corrected chi connectivity index (χ0v) is 16.6. The van der Waals surface area contributed by atoms with Crippen LogP contribution in [0.25, 0.3) is 10.8 Å². The fourth-order valence-electron chi connectivity index (χ4n) is 4.92. The lowest BCUT2D eigenvalue weighted by molar-refractivity contribution is -0.0260. The van der Waals surface area contributed by atoms with Gasteiger partial charge in [-0.3, -0.25) is 4.90 Å². The molecule has 2 nitrogen and oxygen atoms in total. The highest BCUT2D eigenvalue weighted by atomic mass is 35.5. The van der Waals surface area contributed by atoms with Crippen LogP contribution in [0.15, 0.2) is 84.9 Å². The molecule has 6 rings (SSSR count). The molecule has 0 N–H and O–H groups in total. The molecule has 0 spiro atoms. The molecule has 0 bridgehead atoms. The van der Waals surface area contributed by atoms with Crippen molar-refractivity contribution in [2.24, 2.45) is 0 Å². The van der Waals surface area contributed by atoms with Gasteiger partial charge in [0.05, 0.1) is 6.04 Å². The Bertz CT molecular complexity index is 1230. The first-order chi connectivity index (χ1) is 14.3. The molecule has 0 unspecified atom stereocenters. The third-order valence-electron chi connectivity index (χ3n) is 6.24. The van der Waals surface area contributed by atoms with Gasteiger partial charge in [-0.2, -0.15) is 0 Å². The normalized spacial score (nSPS) is 20.4. The molecule has 0 saturated heterocycles. The van der Waals surface area contributed by atoms with Crippen molar-refractivity contribution in [1.82, 2.24) is 4.90 Å². The lowest BCUT2D eigenvalue weighted by Crippen LogP contribution is -2.44. The minimum atomic E-state index is -0.102. The van der Waals surface area contributed by atoms with Gasteiger partial charge in [0.25, 0.3) is 0 Å². The Morgan fingerprint density at radius 2 is 1.55 bits per heavy atom. The number of fused-ring (bicyclic) bond motifs is 6. The van der Waals surface area contributed by atoms with E-state index >= 15 is 0 Å². The number of ether oxygens (including phenoxy) is 1. The molecule has 2 heterocycles. The Hall–Kier alpha value is -2.81. The van der Waals surface area contributed by atoms with E-state index in [0.717, 1.165) is 29.3 Å². The van der Waals surface area contributed by atoms with E-state index in [-0.39, 0.29) is 12.3 Å². The Kier molecular flexibility index (Phi) is 3.90. The summed E-state index contributed by atoms with van der Waals surface area (Å²) in [6, 6.07) is 29.7. The fraction of sp³-hybridized carbons (Fsp3) is 0.154. The smallest absolute Gasteiger partial charge is 0.180 e. The fourth-order valence-corrected chi connectivity index (χ4v) is 5.16. The number of hydrogen-bond acceptors (Lipinski definition) is 2. The molecule has 4 aromatic rings. The summed E-state index contributed by atoms with van der Waals surface area (Å²) in [6.45, 7) is 0.931. The average molecular weight is 398 g/mol. The van der Waals surface area contributed by atoms with Crippen molar-refractivity contribution in [2.75, 3.05) is 6.54 Å². The maximum atomic E-state index is 6.74. The highest BCUT2D eigenvalue weighted by Gasteiger charge is 2.41. The molecule has 0 aliphatic carbocycles. The van der Waals surface area contributed by atoms with Crippen LogP contribution in [0.1, 0.15) is 34.5 Å². The van der Waals surface area contributed by atoms with Gasteiger partial charge in [0.2, 0.25) is 0 Å². The number of rotatable bonds is 1. The second-order valence-electron chi connectivity index (χ2n) is 7.78. The van der Waals surface area contributed by atoms with E-state index in [1.54, 1.807) is 0 Å². The average Bonchev–Trinajstić information content (AvgIpc) is 2.78. The third kappa shape index (κ3) is 2.60. The van der Waals surface area contributed by atoms with Gasteiger partial charge >= 0.3 is 0 Å². The van der Waals surface area contributed by atoms with Gasteiger partial charge < -0.3 is 4.74 Å². The monoisotopic (exact) mass is 397 g/mol. The second-order valence-corrected chi connectivity index (χ2v) is 8.19. The van der Waals surface area contributed by atoms with E-state index < -0.39 is 0 Å². The minimum Gasteiger partial charge on any atom is -0.470 e. The van der Waals surface area contributed by atoms with Gasteiger partial charge in [-0.1, -0.05) is 84.4 Å². The summed E-state index contributed by atoms with van der Waals surface area (Å²) >= 11 is 6.74. The highest BCUT2D eigenvalue weighted by Crippen LogP contribution is 2.51. The molecular formula is C26H20ClNO. The Morgan fingerprint density at radius 3 is 2.45 bits per heavy atom. The molecule has 2 aliphatic rings. The summed E-state index contributed by atoms with van der Waals surface area (Å²) in [4.78, 5) is 2.47. The lowest BCUT2D eigenvalue weighted by Gasteiger charge is -2.46. The second kappa shape index (κ2) is 6.62. The topological polar surface area (TPSA) is 12.5 Å². The van der Waals surface area contributed by atoms with E-state index in [9.17, 15) is 0 Å². The maximum Gasteiger partial charge on any atom is 0.180 e. The standard InChI is InChI=1S/C26H20ClNO/c27-22-12-6-5-11-21(22)25-24-19-9-3-1-7-17(19)13-14-23(24)29-26-20-10-4-2-8-18(20)15-16-28(25)26/h1-14,25-26H,15-16H2/t25-,26+/m1/s1. The first kappa shape index (κ1) is 17.1. The van der Waals surface area contributed by atoms with E-state index in [2.05, 4.69) is 77.7 Å². The van der Waals surface area contributed by atoms with E-state index in [4.69, 9.17) is 16.3 Å². The van der Waals surface area contributed by atoms with Gasteiger partial charge in [-0.15, -0.1) is 0 Å². The summed E-state index contributed by atoms with van der Waals surface area (Å²) in [5, 5.41) is 3.26. The summed E-state index contributed by atoms with van der Waals surface area (Å²) < 4.78 is 6.64. The Balaban J connectivity index is 1.64. The van der Waals surface area contributed by atoms with Crippen LogP contribution >= 0.6 is 11.6 Å². The van der Waals surface area contributed by atoms with Crippen molar-refractivity contribution in [3.8, 4) is 5.75 Å². The van der Waals surface area contributed by atoms with Crippen LogP contribution in [0.5, 0.6) is 5.75 Å². The Morgan fingerprint density at radius 1 is 0.793 bits per heavy atom. The molecule has 4 aromatic carbocycles. The van der Waals surface area contributed by atoms with Crippen molar-refractivity contribution in [3.05, 3.63) is 112 Å². The van der Waals surface area contributed by atoms with Gasteiger partial charge in [0.15, 0.2) is 6.23 Å². The number of hydrogen-bond donors (Lipinski definition) is 0.